The van der Waals surface area contributed by atoms with Crippen molar-refractivity contribution in [2.24, 2.45) is 0 Å². The molecule has 0 aliphatic rings. The van der Waals surface area contributed by atoms with Crippen LogP contribution >= 0.6 is 7.82 Å². The van der Waals surface area contributed by atoms with Gasteiger partial charge in [0, 0.05) is 0 Å². The van der Waals surface area contributed by atoms with Crippen LogP contribution in [0, 0.1) is 0 Å². The summed E-state index contributed by atoms with van der Waals surface area (Å²) in [5.74, 6) is 0. The zero-order chi connectivity index (χ0) is 8.20. The van der Waals surface area contributed by atoms with E-state index in [0.29, 0.717) is 0 Å². The smallest absolute Gasteiger partial charge is 0.790 e. The van der Waals surface area contributed by atoms with Gasteiger partial charge in [-0.25, -0.2) is 0 Å². The number of hydrogen-bond acceptors (Lipinski definition) is 6. The number of carbonyl (C=O) groups excluding carboxylic acids is 1. The van der Waals surface area contributed by atoms with E-state index in [4.69, 9.17) is 5.11 Å². The number of rotatable bonds is 4. The number of carbonyl (C=O) groups is 1. The van der Waals surface area contributed by atoms with Gasteiger partial charge in [0.1, 0.15) is 6.10 Å². The topological polar surface area (TPSA) is 110 Å². The summed E-state index contributed by atoms with van der Waals surface area (Å²) >= 11 is 0. The number of aldehydes is 1. The molecule has 6 nitrogen and oxygen atoms in total. The Balaban J connectivity index is -0.000000405. The second kappa shape index (κ2) is 9.30. The second-order valence-corrected chi connectivity index (χ2v) is 2.51. The Morgan fingerprint density at radius 3 is 2.00 bits per heavy atom. The molecule has 12 heavy (non-hydrogen) atoms. The molecule has 1 N–H and O–H groups in total. The molecule has 9 heteroatoms. The van der Waals surface area contributed by atoms with Crippen LogP contribution in [0.4, 0.5) is 0 Å². The van der Waals surface area contributed by atoms with Gasteiger partial charge < -0.3 is 28.8 Å². The Morgan fingerprint density at radius 1 is 1.50 bits per heavy atom. The SMILES string of the molecule is O=CC(CO)OP(=O)([O-])[O-].[Na+].[Na+]. The molecule has 0 amide bonds. The molecule has 0 rings (SSSR count). The minimum Gasteiger partial charge on any atom is -0.790 e. The first kappa shape index (κ1) is 19.3. The molecular formula is C3H5Na2O6P. The molecule has 0 fully saturated rings. The third kappa shape index (κ3) is 11.7. The van der Waals surface area contributed by atoms with E-state index in [9.17, 15) is 19.1 Å². The predicted molar refractivity (Wildman–Crippen MR) is 25.6 cm³/mol. The van der Waals surface area contributed by atoms with Crippen molar-refractivity contribution in [3.05, 3.63) is 0 Å². The maximum atomic E-state index is 9.74. The van der Waals surface area contributed by atoms with Crippen molar-refractivity contribution in [3.63, 3.8) is 0 Å². The summed E-state index contributed by atoms with van der Waals surface area (Å²) in [5.41, 5.74) is 0. The molecule has 0 aliphatic carbocycles. The standard InChI is InChI=1S/C3H7O6P.2Na/c4-1-3(2-5)9-10(6,7)8;;/h1,3,5H,2H2,(H2,6,7,8);;/q;2*+1/p-2. The van der Waals surface area contributed by atoms with Gasteiger partial charge in [0.2, 0.25) is 0 Å². The van der Waals surface area contributed by atoms with Crippen molar-refractivity contribution >= 4 is 14.1 Å². The van der Waals surface area contributed by atoms with E-state index in [-0.39, 0.29) is 65.4 Å². The van der Waals surface area contributed by atoms with Crippen LogP contribution in [0.2, 0.25) is 0 Å². The summed E-state index contributed by atoms with van der Waals surface area (Å²) in [7, 11) is -5.15. The summed E-state index contributed by atoms with van der Waals surface area (Å²) in [6.07, 6.45) is -1.54. The molecule has 0 aromatic heterocycles. The summed E-state index contributed by atoms with van der Waals surface area (Å²) in [4.78, 5) is 29.2. The van der Waals surface area contributed by atoms with E-state index in [0.717, 1.165) is 0 Å². The molecule has 0 radical (unpaired) electrons. The summed E-state index contributed by atoms with van der Waals surface area (Å²) in [6, 6.07) is 0. The predicted octanol–water partition coefficient (Wildman–Crippen LogP) is -8.60. The van der Waals surface area contributed by atoms with Crippen molar-refractivity contribution in [3.8, 4) is 0 Å². The maximum absolute atomic E-state index is 9.74. The van der Waals surface area contributed by atoms with Crippen LogP contribution in [-0.4, -0.2) is 24.1 Å². The number of aliphatic hydroxyl groups is 1. The molecule has 0 aromatic rings. The zero-order valence-corrected chi connectivity index (χ0v) is 11.7. The molecular weight excluding hydrogens is 209 g/mol. The Labute approximate surface area is 114 Å². The van der Waals surface area contributed by atoms with Crippen LogP contribution in [0.1, 0.15) is 0 Å². The quantitative estimate of drug-likeness (QED) is 0.282. The summed E-state index contributed by atoms with van der Waals surface area (Å²) in [5, 5.41) is 8.13. The maximum Gasteiger partial charge on any atom is 1.00 e. The van der Waals surface area contributed by atoms with Crippen molar-refractivity contribution in [1.82, 2.24) is 0 Å². The molecule has 0 aromatic carbocycles. The van der Waals surface area contributed by atoms with E-state index >= 15 is 0 Å². The van der Waals surface area contributed by atoms with Crippen LogP contribution in [0.5, 0.6) is 0 Å². The van der Waals surface area contributed by atoms with Gasteiger partial charge in [0.25, 0.3) is 0 Å². The fraction of sp³-hybridized carbons (Fsp3) is 0.667. The fourth-order valence-electron chi connectivity index (χ4n) is 0.267. The first-order valence-electron chi connectivity index (χ1n) is 2.26. The van der Waals surface area contributed by atoms with E-state index in [1.165, 1.54) is 0 Å². The second-order valence-electron chi connectivity index (χ2n) is 1.41. The molecule has 0 heterocycles. The van der Waals surface area contributed by atoms with E-state index in [1.54, 1.807) is 0 Å². The van der Waals surface area contributed by atoms with E-state index in [1.807, 2.05) is 0 Å². The van der Waals surface area contributed by atoms with Crippen LogP contribution in [-0.2, 0) is 13.9 Å². The molecule has 0 aliphatic heterocycles. The Hall–Kier alpha value is 1.74. The van der Waals surface area contributed by atoms with Gasteiger partial charge in [-0.2, -0.15) is 0 Å². The molecule has 0 bridgehead atoms. The van der Waals surface area contributed by atoms with Gasteiger partial charge in [-0.3, -0.25) is 0 Å². The fourth-order valence-corrected chi connectivity index (χ4v) is 0.715. The number of phosphoric acid groups is 1. The monoisotopic (exact) mass is 214 g/mol. The van der Waals surface area contributed by atoms with Crippen molar-refractivity contribution in [2.75, 3.05) is 6.61 Å². The molecule has 0 saturated heterocycles. The largest absolute Gasteiger partial charge is 1.00 e. The number of phosphoric ester groups is 1. The number of hydrogen-bond donors (Lipinski definition) is 1. The van der Waals surface area contributed by atoms with E-state index in [2.05, 4.69) is 4.52 Å². The Kier molecular flexibility index (Phi) is 15.0. The molecule has 0 spiro atoms. The normalized spacial score (nSPS) is 12.2. The van der Waals surface area contributed by atoms with Gasteiger partial charge in [0.15, 0.2) is 6.29 Å². The Bertz CT molecular complexity index is 157. The van der Waals surface area contributed by atoms with Crippen molar-refractivity contribution < 1.29 is 87.9 Å². The van der Waals surface area contributed by atoms with Crippen LogP contribution in [0.25, 0.3) is 0 Å². The van der Waals surface area contributed by atoms with E-state index < -0.39 is 20.5 Å². The average Bonchev–Trinajstić information content (AvgIpc) is 1.81. The van der Waals surface area contributed by atoms with Gasteiger partial charge >= 0.3 is 59.1 Å². The van der Waals surface area contributed by atoms with Crippen molar-refractivity contribution in [2.45, 2.75) is 6.10 Å². The van der Waals surface area contributed by atoms with Crippen LogP contribution in [0.3, 0.4) is 0 Å². The third-order valence-corrected chi connectivity index (χ3v) is 1.13. The van der Waals surface area contributed by atoms with Crippen LogP contribution < -0.4 is 68.9 Å². The van der Waals surface area contributed by atoms with Crippen molar-refractivity contribution in [1.29, 1.82) is 0 Å². The van der Waals surface area contributed by atoms with Gasteiger partial charge in [-0.05, 0) is 0 Å². The molecule has 1 unspecified atom stereocenters. The third-order valence-electron chi connectivity index (χ3n) is 0.596. The Morgan fingerprint density at radius 2 is 1.92 bits per heavy atom. The summed E-state index contributed by atoms with van der Waals surface area (Å²) in [6.45, 7) is -0.821. The average molecular weight is 214 g/mol. The zero-order valence-electron chi connectivity index (χ0n) is 6.80. The first-order valence-corrected chi connectivity index (χ1v) is 3.72. The molecule has 60 valence electrons. The minimum atomic E-state index is -5.15. The molecule has 1 atom stereocenters. The van der Waals surface area contributed by atoms with Gasteiger partial charge in [-0.1, -0.05) is 0 Å². The van der Waals surface area contributed by atoms with Crippen LogP contribution in [0.15, 0.2) is 0 Å². The van der Waals surface area contributed by atoms with Gasteiger partial charge in [0.05, 0.1) is 14.4 Å². The first-order chi connectivity index (χ1) is 4.49. The van der Waals surface area contributed by atoms with Gasteiger partial charge in [-0.15, -0.1) is 0 Å². The number of aliphatic hydroxyl groups excluding tert-OH is 1. The minimum absolute atomic E-state index is 0. The summed E-state index contributed by atoms with van der Waals surface area (Å²) < 4.78 is 13.3. The molecule has 0 saturated carbocycles.